The molecule has 0 aliphatic carbocycles. The van der Waals surface area contributed by atoms with Crippen molar-refractivity contribution < 1.29 is 9.53 Å². The van der Waals surface area contributed by atoms with Crippen molar-refractivity contribution in [3.05, 3.63) is 26.4 Å². The van der Waals surface area contributed by atoms with Crippen LogP contribution < -0.4 is 17.0 Å². The molecule has 0 bridgehead atoms. The molecule has 1 aromatic rings. The van der Waals surface area contributed by atoms with E-state index in [4.69, 9.17) is 10.5 Å². The van der Waals surface area contributed by atoms with Gasteiger partial charge in [-0.15, -0.1) is 0 Å². The minimum Gasteiger partial charge on any atom is -0.384 e. The Morgan fingerprint density at radius 1 is 1.18 bits per heavy atom. The Kier molecular flexibility index (Phi) is 4.52. The van der Waals surface area contributed by atoms with Crippen LogP contribution in [0.3, 0.4) is 0 Å². The maximum absolute atomic E-state index is 12.5. The number of ether oxygens (including phenoxy) is 1. The van der Waals surface area contributed by atoms with Gasteiger partial charge in [0.1, 0.15) is 11.4 Å². The van der Waals surface area contributed by atoms with E-state index in [1.807, 2.05) is 18.7 Å². The number of rotatable bonds is 3. The zero-order valence-corrected chi connectivity index (χ0v) is 13.3. The van der Waals surface area contributed by atoms with E-state index >= 15 is 0 Å². The van der Waals surface area contributed by atoms with E-state index in [9.17, 15) is 14.4 Å². The van der Waals surface area contributed by atoms with Gasteiger partial charge in [0, 0.05) is 27.2 Å². The Hall–Kier alpha value is -1.93. The van der Waals surface area contributed by atoms with Gasteiger partial charge in [0.25, 0.3) is 5.56 Å². The lowest BCUT2D eigenvalue weighted by molar-refractivity contribution is -0.0652. The lowest BCUT2D eigenvalue weighted by atomic mass is 10.1. The minimum absolute atomic E-state index is 0.0249. The SMILES string of the molecule is C[C@@H]1CN(CC(=O)c2c(N)n(C)c(=O)n(C)c2=O)C[C@@H](C)O1. The van der Waals surface area contributed by atoms with Gasteiger partial charge in [0.05, 0.1) is 18.8 Å². The number of ketones is 1. The van der Waals surface area contributed by atoms with Crippen LogP contribution in [0.4, 0.5) is 5.82 Å². The molecule has 8 nitrogen and oxygen atoms in total. The summed E-state index contributed by atoms with van der Waals surface area (Å²) in [5.74, 6) is -0.470. The molecule has 0 spiro atoms. The molecule has 2 atom stereocenters. The quantitative estimate of drug-likeness (QED) is 0.716. The molecule has 0 radical (unpaired) electrons. The molecule has 2 heterocycles. The molecule has 8 heteroatoms. The van der Waals surface area contributed by atoms with Crippen LogP contribution in [0.2, 0.25) is 0 Å². The highest BCUT2D eigenvalue weighted by Crippen LogP contribution is 2.12. The Morgan fingerprint density at radius 2 is 1.73 bits per heavy atom. The maximum atomic E-state index is 12.5. The fraction of sp³-hybridized carbons (Fsp3) is 0.643. The predicted molar refractivity (Wildman–Crippen MR) is 82.1 cm³/mol. The predicted octanol–water partition coefficient (Wildman–Crippen LogP) is -1.04. The second kappa shape index (κ2) is 6.05. The van der Waals surface area contributed by atoms with Gasteiger partial charge in [-0.2, -0.15) is 0 Å². The van der Waals surface area contributed by atoms with E-state index < -0.39 is 11.2 Å². The molecular formula is C14H22N4O4. The van der Waals surface area contributed by atoms with E-state index in [1.54, 1.807) is 0 Å². The van der Waals surface area contributed by atoms with Gasteiger partial charge in [-0.05, 0) is 13.8 Å². The van der Waals surface area contributed by atoms with Crippen LogP contribution >= 0.6 is 0 Å². The largest absolute Gasteiger partial charge is 0.384 e. The number of nitrogens with zero attached hydrogens (tertiary/aromatic N) is 3. The fourth-order valence-electron chi connectivity index (χ4n) is 2.82. The van der Waals surface area contributed by atoms with Gasteiger partial charge < -0.3 is 10.5 Å². The van der Waals surface area contributed by atoms with Crippen LogP contribution in [-0.2, 0) is 18.8 Å². The van der Waals surface area contributed by atoms with Gasteiger partial charge in [-0.3, -0.25) is 23.6 Å². The number of nitrogen functional groups attached to an aromatic ring is 1. The summed E-state index contributed by atoms with van der Waals surface area (Å²) in [6.07, 6.45) is 0.0497. The van der Waals surface area contributed by atoms with Crippen LogP contribution in [0.5, 0.6) is 0 Å². The summed E-state index contributed by atoms with van der Waals surface area (Å²) in [5.41, 5.74) is 4.47. The second-order valence-corrected chi connectivity index (χ2v) is 5.84. The van der Waals surface area contributed by atoms with Gasteiger partial charge >= 0.3 is 5.69 Å². The van der Waals surface area contributed by atoms with Crippen LogP contribution in [0.15, 0.2) is 9.59 Å². The topological polar surface area (TPSA) is 99.6 Å². The molecule has 0 amide bonds. The Labute approximate surface area is 128 Å². The van der Waals surface area contributed by atoms with E-state index in [1.165, 1.54) is 14.1 Å². The summed E-state index contributed by atoms with van der Waals surface area (Å²) >= 11 is 0. The number of nitrogens with two attached hydrogens (primary N) is 1. The van der Waals surface area contributed by atoms with Gasteiger partial charge in [0.15, 0.2) is 5.78 Å². The molecule has 1 fully saturated rings. The molecule has 1 aromatic heterocycles. The number of aromatic nitrogens is 2. The zero-order valence-electron chi connectivity index (χ0n) is 13.3. The standard InChI is InChI=1S/C14H22N4O4/c1-8-5-18(6-9(2)22-8)7-10(19)11-12(15)16(3)14(21)17(4)13(11)20/h8-9H,5-7,15H2,1-4H3/t8-,9-/m1/s1. The highest BCUT2D eigenvalue weighted by Gasteiger charge is 2.27. The van der Waals surface area contributed by atoms with Crippen molar-refractivity contribution in [3.8, 4) is 0 Å². The first-order valence-electron chi connectivity index (χ1n) is 7.18. The lowest BCUT2D eigenvalue weighted by Crippen LogP contribution is -2.48. The first-order valence-corrected chi connectivity index (χ1v) is 7.18. The number of carbonyl (C=O) groups excluding carboxylic acids is 1. The average molecular weight is 310 g/mol. The molecule has 1 saturated heterocycles. The average Bonchev–Trinajstić information content (AvgIpc) is 2.42. The third-order valence-corrected chi connectivity index (χ3v) is 3.85. The molecule has 122 valence electrons. The molecule has 0 unspecified atom stereocenters. The molecule has 0 aromatic carbocycles. The molecule has 0 saturated carbocycles. The summed E-state index contributed by atoms with van der Waals surface area (Å²) in [6.45, 7) is 5.18. The van der Waals surface area contributed by atoms with E-state index in [-0.39, 0.29) is 35.9 Å². The summed E-state index contributed by atoms with van der Waals surface area (Å²) in [7, 11) is 2.77. The molecule has 22 heavy (non-hydrogen) atoms. The van der Waals surface area contributed by atoms with E-state index in [0.29, 0.717) is 13.1 Å². The Morgan fingerprint density at radius 3 is 2.27 bits per heavy atom. The number of anilines is 1. The molecule has 2 N–H and O–H groups in total. The highest BCUT2D eigenvalue weighted by atomic mass is 16.5. The third-order valence-electron chi connectivity index (χ3n) is 3.85. The minimum atomic E-state index is -0.653. The molecule has 2 rings (SSSR count). The van der Waals surface area contributed by atoms with E-state index in [0.717, 1.165) is 9.13 Å². The summed E-state index contributed by atoms with van der Waals surface area (Å²) in [6, 6.07) is 0. The van der Waals surface area contributed by atoms with Crippen molar-refractivity contribution in [1.82, 2.24) is 14.0 Å². The monoisotopic (exact) mass is 310 g/mol. The number of Topliss-reactive ketones (excluding diaryl/α,β-unsaturated/α-hetero) is 1. The summed E-state index contributed by atoms with van der Waals surface area (Å²) in [4.78, 5) is 38.4. The summed E-state index contributed by atoms with van der Waals surface area (Å²) in [5, 5.41) is 0. The normalized spacial score (nSPS) is 22.7. The van der Waals surface area contributed by atoms with Crippen LogP contribution in [0.25, 0.3) is 0 Å². The Bertz CT molecular complexity index is 696. The third kappa shape index (κ3) is 2.97. The number of morpholine rings is 1. The number of hydrogen-bond donors (Lipinski definition) is 1. The molecular weight excluding hydrogens is 288 g/mol. The molecule has 1 aliphatic heterocycles. The second-order valence-electron chi connectivity index (χ2n) is 5.84. The van der Waals surface area contributed by atoms with Crippen molar-refractivity contribution in [1.29, 1.82) is 0 Å². The summed E-state index contributed by atoms with van der Waals surface area (Å²) < 4.78 is 7.62. The lowest BCUT2D eigenvalue weighted by Gasteiger charge is -2.34. The van der Waals surface area contributed by atoms with Crippen LogP contribution in [-0.4, -0.2) is 51.7 Å². The van der Waals surface area contributed by atoms with Crippen LogP contribution in [0.1, 0.15) is 24.2 Å². The molecule has 1 aliphatic rings. The number of hydrogen-bond acceptors (Lipinski definition) is 6. The van der Waals surface area contributed by atoms with Gasteiger partial charge in [-0.25, -0.2) is 4.79 Å². The first-order chi connectivity index (χ1) is 10.2. The van der Waals surface area contributed by atoms with Crippen molar-refractivity contribution in [2.45, 2.75) is 26.1 Å². The van der Waals surface area contributed by atoms with Crippen molar-refractivity contribution in [2.75, 3.05) is 25.4 Å². The fourth-order valence-corrected chi connectivity index (χ4v) is 2.82. The van der Waals surface area contributed by atoms with Crippen LogP contribution in [0, 0.1) is 0 Å². The first kappa shape index (κ1) is 16.4. The van der Waals surface area contributed by atoms with Gasteiger partial charge in [-0.1, -0.05) is 0 Å². The maximum Gasteiger partial charge on any atom is 0.332 e. The Balaban J connectivity index is 2.31. The highest BCUT2D eigenvalue weighted by molar-refractivity contribution is 6.01. The smallest absolute Gasteiger partial charge is 0.332 e. The van der Waals surface area contributed by atoms with E-state index in [2.05, 4.69) is 0 Å². The zero-order chi connectivity index (χ0) is 16.6. The van der Waals surface area contributed by atoms with Crippen molar-refractivity contribution in [2.24, 2.45) is 14.1 Å². The number of carbonyl (C=O) groups is 1. The van der Waals surface area contributed by atoms with Crippen molar-refractivity contribution in [3.63, 3.8) is 0 Å². The van der Waals surface area contributed by atoms with Gasteiger partial charge in [0.2, 0.25) is 0 Å². The van der Waals surface area contributed by atoms with Crippen molar-refractivity contribution >= 4 is 11.6 Å².